The van der Waals surface area contributed by atoms with E-state index in [0.29, 0.717) is 5.92 Å². The first-order valence-corrected chi connectivity index (χ1v) is 5.19. The van der Waals surface area contributed by atoms with Gasteiger partial charge in [0.1, 0.15) is 5.78 Å². The molecule has 0 amide bonds. The number of halogens is 1. The lowest BCUT2D eigenvalue weighted by atomic mass is 9.97. The Morgan fingerprint density at radius 1 is 1.50 bits per heavy atom. The second kappa shape index (κ2) is 3.09. The first-order chi connectivity index (χ1) is 6.55. The van der Waals surface area contributed by atoms with E-state index in [1.807, 2.05) is 31.2 Å². The van der Waals surface area contributed by atoms with Crippen LogP contribution in [0.15, 0.2) is 24.3 Å². The average Bonchev–Trinajstić information content (AvgIpc) is 2.80. The quantitative estimate of drug-likeness (QED) is 0.728. The van der Waals surface area contributed by atoms with Crippen molar-refractivity contribution in [2.24, 2.45) is 5.41 Å². The molecule has 2 atom stereocenters. The Balaban J connectivity index is 2.29. The number of benzene rings is 1. The number of hydrogen-bond acceptors (Lipinski definition) is 1. The fourth-order valence-electron chi connectivity index (χ4n) is 1.97. The molecule has 1 aliphatic carbocycles. The molecule has 1 nitrogen and oxygen atoms in total. The summed E-state index contributed by atoms with van der Waals surface area (Å²) in [6.45, 7) is 3.68. The Hall–Kier alpha value is -0.820. The van der Waals surface area contributed by atoms with Crippen molar-refractivity contribution in [2.45, 2.75) is 26.2 Å². The van der Waals surface area contributed by atoms with E-state index in [-0.39, 0.29) is 11.2 Å². The zero-order valence-electron chi connectivity index (χ0n) is 8.38. The third-order valence-corrected chi connectivity index (χ3v) is 3.67. The third-order valence-electron chi connectivity index (χ3n) is 3.32. The van der Waals surface area contributed by atoms with E-state index in [1.165, 1.54) is 0 Å². The number of Topliss-reactive ketones (excluding diaryl/α,β-unsaturated/α-hetero) is 1. The van der Waals surface area contributed by atoms with Gasteiger partial charge in [0.25, 0.3) is 0 Å². The predicted octanol–water partition coefficient (Wildman–Crippen LogP) is 3.42. The number of carbonyl (C=O) groups is 1. The van der Waals surface area contributed by atoms with Gasteiger partial charge in [0.15, 0.2) is 0 Å². The lowest BCUT2D eigenvalue weighted by Gasteiger charge is -2.07. The maximum Gasteiger partial charge on any atom is 0.136 e. The SMILES string of the molecule is CC(=O)C1(C)CC1c1ccccc1Cl. The molecule has 1 aliphatic rings. The van der Waals surface area contributed by atoms with E-state index >= 15 is 0 Å². The Bertz CT molecular complexity index is 386. The lowest BCUT2D eigenvalue weighted by Crippen LogP contribution is -2.09. The van der Waals surface area contributed by atoms with E-state index in [2.05, 4.69) is 0 Å². The number of rotatable bonds is 2. The second-order valence-electron chi connectivity index (χ2n) is 4.25. The summed E-state index contributed by atoms with van der Waals surface area (Å²) in [5.41, 5.74) is 0.956. The van der Waals surface area contributed by atoms with Crippen LogP contribution in [0.5, 0.6) is 0 Å². The van der Waals surface area contributed by atoms with Crippen LogP contribution in [0.25, 0.3) is 0 Å². The highest BCUT2D eigenvalue weighted by atomic mass is 35.5. The van der Waals surface area contributed by atoms with E-state index in [0.717, 1.165) is 17.0 Å². The molecule has 0 bridgehead atoms. The molecule has 2 unspecified atom stereocenters. The van der Waals surface area contributed by atoms with Crippen LogP contribution >= 0.6 is 11.6 Å². The Morgan fingerprint density at radius 2 is 2.14 bits per heavy atom. The summed E-state index contributed by atoms with van der Waals surface area (Å²) >= 11 is 6.08. The molecular formula is C12H13ClO. The predicted molar refractivity (Wildman–Crippen MR) is 57.6 cm³/mol. The van der Waals surface area contributed by atoms with Crippen LogP contribution in [0.2, 0.25) is 5.02 Å². The largest absolute Gasteiger partial charge is 0.299 e. The van der Waals surface area contributed by atoms with Gasteiger partial charge in [0.2, 0.25) is 0 Å². The van der Waals surface area contributed by atoms with Gasteiger partial charge in [0, 0.05) is 10.4 Å². The van der Waals surface area contributed by atoms with Crippen molar-refractivity contribution in [3.63, 3.8) is 0 Å². The molecule has 0 heterocycles. The standard InChI is InChI=1S/C12H13ClO/c1-8(14)12(2)7-10(12)9-5-3-4-6-11(9)13/h3-6,10H,7H2,1-2H3. The molecule has 74 valence electrons. The van der Waals surface area contributed by atoms with Crippen LogP contribution in [0.3, 0.4) is 0 Å². The Morgan fingerprint density at radius 3 is 2.64 bits per heavy atom. The molecule has 1 fully saturated rings. The van der Waals surface area contributed by atoms with Crippen LogP contribution in [0.4, 0.5) is 0 Å². The Labute approximate surface area is 89.1 Å². The minimum Gasteiger partial charge on any atom is -0.299 e. The van der Waals surface area contributed by atoms with Crippen LogP contribution < -0.4 is 0 Å². The molecule has 1 saturated carbocycles. The summed E-state index contributed by atoms with van der Waals surface area (Å²) in [7, 11) is 0. The molecular weight excluding hydrogens is 196 g/mol. The topological polar surface area (TPSA) is 17.1 Å². The van der Waals surface area contributed by atoms with E-state index in [9.17, 15) is 4.79 Å². The van der Waals surface area contributed by atoms with Gasteiger partial charge >= 0.3 is 0 Å². The summed E-state index contributed by atoms with van der Waals surface area (Å²) in [6, 6.07) is 7.79. The smallest absolute Gasteiger partial charge is 0.136 e. The van der Waals surface area contributed by atoms with Gasteiger partial charge in [-0.15, -0.1) is 0 Å². The molecule has 2 rings (SSSR count). The minimum atomic E-state index is -0.162. The number of hydrogen-bond donors (Lipinski definition) is 0. The van der Waals surface area contributed by atoms with Gasteiger partial charge in [0.05, 0.1) is 0 Å². The minimum absolute atomic E-state index is 0.162. The van der Waals surface area contributed by atoms with E-state index < -0.39 is 0 Å². The van der Waals surface area contributed by atoms with Crippen molar-refractivity contribution >= 4 is 17.4 Å². The van der Waals surface area contributed by atoms with Gasteiger partial charge in [-0.25, -0.2) is 0 Å². The van der Waals surface area contributed by atoms with Crippen molar-refractivity contribution < 1.29 is 4.79 Å². The fourth-order valence-corrected chi connectivity index (χ4v) is 2.23. The summed E-state index contributed by atoms with van der Waals surface area (Å²) in [5, 5.41) is 0.780. The van der Waals surface area contributed by atoms with Crippen molar-refractivity contribution in [2.75, 3.05) is 0 Å². The first kappa shape index (κ1) is 9.72. The molecule has 14 heavy (non-hydrogen) atoms. The highest BCUT2D eigenvalue weighted by Gasteiger charge is 2.54. The zero-order valence-corrected chi connectivity index (χ0v) is 9.14. The molecule has 0 aromatic heterocycles. The van der Waals surface area contributed by atoms with Crippen molar-refractivity contribution in [1.82, 2.24) is 0 Å². The van der Waals surface area contributed by atoms with E-state index in [4.69, 9.17) is 11.6 Å². The molecule has 2 heteroatoms. The molecule has 0 aliphatic heterocycles. The van der Waals surface area contributed by atoms with Gasteiger partial charge < -0.3 is 0 Å². The normalized spacial score (nSPS) is 30.1. The van der Waals surface area contributed by atoms with Crippen LogP contribution in [-0.4, -0.2) is 5.78 Å². The van der Waals surface area contributed by atoms with Crippen LogP contribution in [0, 0.1) is 5.41 Å². The summed E-state index contributed by atoms with van der Waals surface area (Å²) in [5.74, 6) is 0.594. The summed E-state index contributed by atoms with van der Waals surface area (Å²) < 4.78 is 0. The molecule has 0 spiro atoms. The van der Waals surface area contributed by atoms with Crippen LogP contribution in [-0.2, 0) is 4.79 Å². The highest BCUT2D eigenvalue weighted by molar-refractivity contribution is 6.31. The lowest BCUT2D eigenvalue weighted by molar-refractivity contribution is -0.121. The number of carbonyl (C=O) groups excluding carboxylic acids is 1. The number of ketones is 1. The molecule has 0 saturated heterocycles. The van der Waals surface area contributed by atoms with Gasteiger partial charge in [-0.05, 0) is 30.9 Å². The van der Waals surface area contributed by atoms with Crippen LogP contribution in [0.1, 0.15) is 31.7 Å². The first-order valence-electron chi connectivity index (χ1n) is 4.81. The maximum absolute atomic E-state index is 11.4. The van der Waals surface area contributed by atoms with Gasteiger partial charge in [-0.2, -0.15) is 0 Å². The summed E-state index contributed by atoms with van der Waals surface area (Å²) in [4.78, 5) is 11.4. The molecule has 1 aromatic rings. The van der Waals surface area contributed by atoms with Gasteiger partial charge in [-0.1, -0.05) is 36.7 Å². The third kappa shape index (κ3) is 1.36. The molecule has 1 aromatic carbocycles. The maximum atomic E-state index is 11.4. The second-order valence-corrected chi connectivity index (χ2v) is 4.66. The van der Waals surface area contributed by atoms with Gasteiger partial charge in [-0.3, -0.25) is 4.79 Å². The molecule has 0 N–H and O–H groups in total. The molecule has 0 radical (unpaired) electrons. The van der Waals surface area contributed by atoms with Crippen molar-refractivity contribution in [1.29, 1.82) is 0 Å². The van der Waals surface area contributed by atoms with Crippen molar-refractivity contribution in [3.8, 4) is 0 Å². The van der Waals surface area contributed by atoms with E-state index in [1.54, 1.807) is 6.92 Å². The zero-order chi connectivity index (χ0) is 10.3. The highest BCUT2D eigenvalue weighted by Crippen LogP contribution is 2.60. The summed E-state index contributed by atoms with van der Waals surface area (Å²) in [6.07, 6.45) is 0.937. The fraction of sp³-hybridized carbons (Fsp3) is 0.417. The van der Waals surface area contributed by atoms with Crippen molar-refractivity contribution in [3.05, 3.63) is 34.9 Å². The average molecular weight is 209 g/mol. The monoisotopic (exact) mass is 208 g/mol. The Kier molecular flexibility index (Phi) is 2.15.